The van der Waals surface area contributed by atoms with E-state index in [0.717, 1.165) is 48.8 Å². The van der Waals surface area contributed by atoms with Crippen LogP contribution in [0.5, 0.6) is 5.75 Å². The summed E-state index contributed by atoms with van der Waals surface area (Å²) in [5.74, 6) is 3.15. The Morgan fingerprint density at radius 1 is 1.27 bits per heavy atom. The summed E-state index contributed by atoms with van der Waals surface area (Å²) in [5, 5.41) is 17.7. The number of benzene rings is 1. The fourth-order valence-corrected chi connectivity index (χ4v) is 3.85. The van der Waals surface area contributed by atoms with E-state index in [4.69, 9.17) is 9.15 Å². The van der Waals surface area contributed by atoms with Crippen molar-refractivity contribution < 1.29 is 14.3 Å². The van der Waals surface area contributed by atoms with E-state index >= 15 is 0 Å². The van der Waals surface area contributed by atoms with Crippen LogP contribution in [0.3, 0.4) is 0 Å². The van der Waals surface area contributed by atoms with E-state index in [0.29, 0.717) is 5.96 Å². The monoisotopic (exact) mass is 527 g/mol. The molecule has 166 valence electrons. The van der Waals surface area contributed by atoms with Crippen molar-refractivity contribution in [2.45, 2.75) is 51.6 Å². The highest BCUT2D eigenvalue weighted by atomic mass is 127. The predicted octanol–water partition coefficient (Wildman–Crippen LogP) is 4.02. The van der Waals surface area contributed by atoms with Gasteiger partial charge in [-0.2, -0.15) is 0 Å². The van der Waals surface area contributed by atoms with Crippen LogP contribution >= 0.6 is 24.0 Å². The molecule has 3 N–H and O–H groups in total. The number of aryl methyl sites for hydroxylation is 2. The zero-order valence-electron chi connectivity index (χ0n) is 18.5. The van der Waals surface area contributed by atoms with Crippen molar-refractivity contribution >= 4 is 29.9 Å². The van der Waals surface area contributed by atoms with Crippen LogP contribution in [0.4, 0.5) is 0 Å². The van der Waals surface area contributed by atoms with Gasteiger partial charge in [-0.25, -0.2) is 4.99 Å². The first kappa shape index (κ1) is 24.5. The second kappa shape index (κ2) is 10.0. The number of ether oxygens (including phenoxy) is 1. The second-order valence-electron chi connectivity index (χ2n) is 8.13. The van der Waals surface area contributed by atoms with Gasteiger partial charge in [-0.1, -0.05) is 18.2 Å². The summed E-state index contributed by atoms with van der Waals surface area (Å²) in [4.78, 5) is 4.65. The second-order valence-corrected chi connectivity index (χ2v) is 8.13. The topological polar surface area (TPSA) is 79.0 Å². The lowest BCUT2D eigenvalue weighted by Crippen LogP contribution is -2.42. The van der Waals surface area contributed by atoms with Gasteiger partial charge in [0.25, 0.3) is 0 Å². The van der Waals surface area contributed by atoms with Crippen LogP contribution in [-0.4, -0.2) is 37.8 Å². The quantitative estimate of drug-likeness (QED) is 0.275. The molecule has 0 aliphatic heterocycles. The molecule has 1 heterocycles. The van der Waals surface area contributed by atoms with Crippen LogP contribution in [0.2, 0.25) is 0 Å². The molecule has 1 aromatic heterocycles. The van der Waals surface area contributed by atoms with Crippen molar-refractivity contribution in [2.24, 2.45) is 4.99 Å². The number of nitrogens with zero attached hydrogens (tertiary/aromatic N) is 1. The first-order valence-electron chi connectivity index (χ1n) is 10.3. The van der Waals surface area contributed by atoms with Gasteiger partial charge in [-0.05, 0) is 52.7 Å². The predicted molar refractivity (Wildman–Crippen MR) is 131 cm³/mol. The number of guanidine groups is 1. The summed E-state index contributed by atoms with van der Waals surface area (Å²) in [6.45, 7) is 9.32. The molecule has 2 aromatic rings. The molecule has 0 bridgehead atoms. The molecule has 1 aliphatic rings. The Hall–Kier alpha value is -1.74. The normalized spacial score (nSPS) is 16.9. The molecule has 6 nitrogen and oxygen atoms in total. The Morgan fingerprint density at radius 2 is 1.97 bits per heavy atom. The smallest absolute Gasteiger partial charge is 0.191 e. The Labute approximate surface area is 196 Å². The van der Waals surface area contributed by atoms with Crippen LogP contribution in [-0.2, 0) is 11.0 Å². The summed E-state index contributed by atoms with van der Waals surface area (Å²) < 4.78 is 11.1. The summed E-state index contributed by atoms with van der Waals surface area (Å²) in [6, 6.07) is 10.1. The lowest BCUT2D eigenvalue weighted by molar-refractivity contribution is 0.0657. The van der Waals surface area contributed by atoms with Gasteiger partial charge < -0.3 is 24.9 Å². The first-order chi connectivity index (χ1) is 13.8. The van der Waals surface area contributed by atoms with Crippen molar-refractivity contribution in [1.82, 2.24) is 10.6 Å². The fraction of sp³-hybridized carbons (Fsp3) is 0.522. The van der Waals surface area contributed by atoms with Crippen LogP contribution in [0.25, 0.3) is 0 Å². The number of methoxy groups -OCH3 is 1. The number of furan rings is 1. The van der Waals surface area contributed by atoms with Crippen LogP contribution in [0.1, 0.15) is 49.3 Å². The van der Waals surface area contributed by atoms with Crippen LogP contribution in [0, 0.1) is 13.8 Å². The number of rotatable bonds is 8. The van der Waals surface area contributed by atoms with E-state index in [-0.39, 0.29) is 35.9 Å². The van der Waals surface area contributed by atoms with Crippen molar-refractivity contribution in [2.75, 3.05) is 26.7 Å². The Balaban J connectivity index is 0.00000320. The van der Waals surface area contributed by atoms with Gasteiger partial charge in [0.05, 0.1) is 13.7 Å². The van der Waals surface area contributed by atoms with Gasteiger partial charge in [0.2, 0.25) is 0 Å². The Bertz CT molecular complexity index is 872. The molecule has 1 aliphatic carbocycles. The maximum atomic E-state index is 10.9. The molecule has 30 heavy (non-hydrogen) atoms. The maximum absolute atomic E-state index is 10.9. The Kier molecular flexibility index (Phi) is 8.21. The highest BCUT2D eigenvalue weighted by Crippen LogP contribution is 2.50. The number of halogens is 1. The third-order valence-corrected chi connectivity index (χ3v) is 5.64. The number of aliphatic hydroxyl groups is 1. The summed E-state index contributed by atoms with van der Waals surface area (Å²) in [5.41, 5.74) is 0.998. The number of nitrogens with one attached hydrogen (secondary N) is 2. The number of para-hydroxylation sites is 1. The molecule has 3 rings (SSSR count). The van der Waals surface area contributed by atoms with Gasteiger partial charge in [0.1, 0.15) is 22.9 Å². The van der Waals surface area contributed by atoms with Crippen LogP contribution < -0.4 is 15.4 Å². The molecule has 0 radical (unpaired) electrons. The van der Waals surface area contributed by atoms with E-state index in [1.807, 2.05) is 39.0 Å². The Morgan fingerprint density at radius 3 is 2.53 bits per heavy atom. The minimum absolute atomic E-state index is 0. The molecule has 1 saturated carbocycles. The highest BCUT2D eigenvalue weighted by Gasteiger charge is 2.46. The van der Waals surface area contributed by atoms with Crippen molar-refractivity contribution in [3.05, 3.63) is 53.0 Å². The first-order valence-corrected chi connectivity index (χ1v) is 10.3. The zero-order chi connectivity index (χ0) is 21.1. The molecular weight excluding hydrogens is 493 g/mol. The number of hydrogen-bond acceptors (Lipinski definition) is 4. The largest absolute Gasteiger partial charge is 0.496 e. The molecule has 0 saturated heterocycles. The van der Waals surface area contributed by atoms with E-state index in [1.165, 1.54) is 5.56 Å². The van der Waals surface area contributed by atoms with Crippen molar-refractivity contribution in [3.63, 3.8) is 0 Å². The van der Waals surface area contributed by atoms with Gasteiger partial charge in [-0.15, -0.1) is 24.0 Å². The minimum Gasteiger partial charge on any atom is -0.496 e. The standard InChI is InChI=1S/C23H33N3O3.HI/c1-6-24-21(25-14-22(4,27)19-13-16(2)29-17(19)3)26-15-23(11-12-23)18-9-7-8-10-20(18)28-5;/h7-10,13,27H,6,11-12,14-15H2,1-5H3,(H2,24,25,26);1H. The molecule has 1 atom stereocenters. The lowest BCUT2D eigenvalue weighted by Gasteiger charge is -2.23. The summed E-state index contributed by atoms with van der Waals surface area (Å²) in [6.07, 6.45) is 2.23. The summed E-state index contributed by atoms with van der Waals surface area (Å²) in [7, 11) is 1.72. The number of aliphatic imine (C=N–C) groups is 1. The highest BCUT2D eigenvalue weighted by molar-refractivity contribution is 14.0. The zero-order valence-corrected chi connectivity index (χ0v) is 20.9. The van der Waals surface area contributed by atoms with Gasteiger partial charge in [0, 0.05) is 29.6 Å². The van der Waals surface area contributed by atoms with E-state index in [9.17, 15) is 5.11 Å². The van der Waals surface area contributed by atoms with Gasteiger partial charge in [-0.3, -0.25) is 0 Å². The molecule has 1 unspecified atom stereocenters. The van der Waals surface area contributed by atoms with E-state index in [1.54, 1.807) is 14.0 Å². The minimum atomic E-state index is -1.09. The van der Waals surface area contributed by atoms with Crippen molar-refractivity contribution in [3.8, 4) is 5.75 Å². The molecular formula is C23H34IN3O3. The van der Waals surface area contributed by atoms with Crippen LogP contribution in [0.15, 0.2) is 39.7 Å². The van der Waals surface area contributed by atoms with E-state index in [2.05, 4.69) is 27.8 Å². The average molecular weight is 527 g/mol. The third kappa shape index (κ3) is 5.49. The molecule has 7 heteroatoms. The summed E-state index contributed by atoms with van der Waals surface area (Å²) >= 11 is 0. The number of hydrogen-bond donors (Lipinski definition) is 3. The molecule has 0 spiro atoms. The van der Waals surface area contributed by atoms with E-state index < -0.39 is 5.60 Å². The third-order valence-electron chi connectivity index (χ3n) is 5.64. The fourth-order valence-electron chi connectivity index (χ4n) is 3.85. The SMILES string of the molecule is CCNC(=NCC(C)(O)c1cc(C)oc1C)NCC1(c2ccccc2OC)CC1.I. The van der Waals surface area contributed by atoms with Crippen molar-refractivity contribution in [1.29, 1.82) is 0 Å². The molecule has 1 aromatic carbocycles. The van der Waals surface area contributed by atoms with Gasteiger partial charge >= 0.3 is 0 Å². The van der Waals surface area contributed by atoms with Gasteiger partial charge in [0.15, 0.2) is 5.96 Å². The lowest BCUT2D eigenvalue weighted by atomic mass is 9.95. The molecule has 0 amide bonds. The average Bonchev–Trinajstić information content (AvgIpc) is 3.41. The molecule has 1 fully saturated rings. The maximum Gasteiger partial charge on any atom is 0.191 e.